The van der Waals surface area contributed by atoms with E-state index in [-0.39, 0.29) is 0 Å². The second-order valence-electron chi connectivity index (χ2n) is 3.12. The van der Waals surface area contributed by atoms with Gasteiger partial charge in [-0.15, -0.1) is 0 Å². The molecule has 0 aliphatic heterocycles. The molecule has 0 radical (unpaired) electrons. The summed E-state index contributed by atoms with van der Waals surface area (Å²) in [5.41, 5.74) is 0. The first-order valence-corrected chi connectivity index (χ1v) is 3.82. The van der Waals surface area contributed by atoms with Crippen LogP contribution in [-0.2, 0) is 0 Å². The minimum absolute atomic E-state index is 0.786. The molecule has 0 unspecified atom stereocenters. The van der Waals surface area contributed by atoms with Crippen molar-refractivity contribution < 1.29 is 0 Å². The zero-order valence-electron chi connectivity index (χ0n) is 7.46. The van der Waals surface area contributed by atoms with E-state index in [1.165, 1.54) is 6.42 Å². The molecule has 0 saturated heterocycles. The number of nitrogens with zero attached hydrogens (tertiary/aromatic N) is 2. The molecule has 2 heteroatoms. The van der Waals surface area contributed by atoms with Gasteiger partial charge in [0.25, 0.3) is 0 Å². The van der Waals surface area contributed by atoms with Gasteiger partial charge < -0.3 is 5.01 Å². The Bertz CT molecular complexity index is 95.4. The van der Waals surface area contributed by atoms with E-state index < -0.39 is 0 Å². The summed E-state index contributed by atoms with van der Waals surface area (Å²) in [6.45, 7) is 4.45. The van der Waals surface area contributed by atoms with Crippen LogP contribution in [0.25, 0.3) is 0 Å². The summed E-state index contributed by atoms with van der Waals surface area (Å²) in [4.78, 5) is 0. The fourth-order valence-corrected chi connectivity index (χ4v) is 0.629. The standard InChI is InChI=1S/C8H18N2/c1-8(2)6-5-7-9-10(3)4/h7-8H,5-6H2,1-4H3/b9-7+. The summed E-state index contributed by atoms with van der Waals surface area (Å²) in [7, 11) is 3.87. The van der Waals surface area contributed by atoms with Crippen LogP contribution in [0, 0.1) is 5.92 Å². The van der Waals surface area contributed by atoms with Gasteiger partial charge in [0.05, 0.1) is 0 Å². The van der Waals surface area contributed by atoms with Crippen molar-refractivity contribution in [3.05, 3.63) is 0 Å². The van der Waals surface area contributed by atoms with E-state index in [0.717, 1.165) is 12.3 Å². The van der Waals surface area contributed by atoms with Crippen LogP contribution in [-0.4, -0.2) is 25.3 Å². The van der Waals surface area contributed by atoms with Crippen molar-refractivity contribution in [2.24, 2.45) is 11.0 Å². The topological polar surface area (TPSA) is 15.6 Å². The molecule has 0 heterocycles. The SMILES string of the molecule is CC(C)CC/C=N/N(C)C. The highest BCUT2D eigenvalue weighted by Crippen LogP contribution is 2.00. The summed E-state index contributed by atoms with van der Waals surface area (Å²) in [6, 6.07) is 0. The molecular weight excluding hydrogens is 124 g/mol. The van der Waals surface area contributed by atoms with E-state index in [1.54, 1.807) is 0 Å². The summed E-state index contributed by atoms with van der Waals surface area (Å²) < 4.78 is 0. The molecule has 0 N–H and O–H groups in total. The van der Waals surface area contributed by atoms with E-state index >= 15 is 0 Å². The summed E-state index contributed by atoms with van der Waals surface area (Å²) >= 11 is 0. The molecule has 60 valence electrons. The van der Waals surface area contributed by atoms with Gasteiger partial charge >= 0.3 is 0 Å². The molecule has 2 nitrogen and oxygen atoms in total. The van der Waals surface area contributed by atoms with Gasteiger partial charge in [-0.1, -0.05) is 13.8 Å². The van der Waals surface area contributed by atoms with Gasteiger partial charge in [-0.3, -0.25) is 0 Å². The predicted molar refractivity (Wildman–Crippen MR) is 46.3 cm³/mol. The lowest BCUT2D eigenvalue weighted by atomic mass is 10.1. The second-order valence-corrected chi connectivity index (χ2v) is 3.12. The average Bonchev–Trinajstić information content (AvgIpc) is 1.79. The van der Waals surface area contributed by atoms with Crippen LogP contribution in [0.3, 0.4) is 0 Å². The van der Waals surface area contributed by atoms with Gasteiger partial charge in [-0.05, 0) is 18.8 Å². The highest BCUT2D eigenvalue weighted by Gasteiger charge is 1.89. The third kappa shape index (κ3) is 7.47. The molecule has 0 atom stereocenters. The van der Waals surface area contributed by atoms with E-state index in [9.17, 15) is 0 Å². The molecule has 0 bridgehead atoms. The second kappa shape index (κ2) is 5.27. The van der Waals surface area contributed by atoms with Crippen LogP contribution >= 0.6 is 0 Å². The van der Waals surface area contributed by atoms with Gasteiger partial charge in [0.15, 0.2) is 0 Å². The van der Waals surface area contributed by atoms with Crippen LogP contribution in [0.15, 0.2) is 5.10 Å². The average molecular weight is 142 g/mol. The van der Waals surface area contributed by atoms with Crippen LogP contribution in [0.4, 0.5) is 0 Å². The number of hydrogen-bond acceptors (Lipinski definition) is 2. The highest BCUT2D eigenvalue weighted by atomic mass is 15.4. The van der Waals surface area contributed by atoms with Gasteiger partial charge in [0.1, 0.15) is 0 Å². The lowest BCUT2D eigenvalue weighted by Gasteiger charge is -2.03. The van der Waals surface area contributed by atoms with Crippen LogP contribution in [0.5, 0.6) is 0 Å². The summed E-state index contributed by atoms with van der Waals surface area (Å²) in [5.74, 6) is 0.786. The minimum Gasteiger partial charge on any atom is -0.303 e. The summed E-state index contributed by atoms with van der Waals surface area (Å²) in [6.07, 6.45) is 4.30. The molecule has 0 aromatic heterocycles. The molecule has 10 heavy (non-hydrogen) atoms. The Kier molecular flexibility index (Phi) is 4.99. The maximum absolute atomic E-state index is 4.10. The van der Waals surface area contributed by atoms with Gasteiger partial charge in [-0.2, -0.15) is 5.10 Å². The predicted octanol–water partition coefficient (Wildman–Crippen LogP) is 1.97. The third-order valence-corrected chi connectivity index (χ3v) is 1.19. The zero-order valence-corrected chi connectivity index (χ0v) is 7.46. The lowest BCUT2D eigenvalue weighted by Crippen LogP contribution is -2.01. The van der Waals surface area contributed by atoms with Crippen molar-refractivity contribution >= 4 is 6.21 Å². The normalized spacial score (nSPS) is 11.3. The van der Waals surface area contributed by atoms with Gasteiger partial charge in [-0.25, -0.2) is 0 Å². The molecule has 0 aliphatic rings. The molecular formula is C8H18N2. The monoisotopic (exact) mass is 142 g/mol. The molecule has 0 aliphatic carbocycles. The Hall–Kier alpha value is -0.530. The van der Waals surface area contributed by atoms with E-state index in [0.29, 0.717) is 0 Å². The van der Waals surface area contributed by atoms with Crippen molar-refractivity contribution in [3.63, 3.8) is 0 Å². The van der Waals surface area contributed by atoms with Crippen LogP contribution in [0.1, 0.15) is 26.7 Å². The Morgan fingerprint density at radius 3 is 2.40 bits per heavy atom. The summed E-state index contributed by atoms with van der Waals surface area (Å²) in [5, 5.41) is 5.92. The van der Waals surface area contributed by atoms with Crippen LogP contribution < -0.4 is 0 Å². The largest absolute Gasteiger partial charge is 0.303 e. The van der Waals surface area contributed by atoms with Gasteiger partial charge in [0.2, 0.25) is 0 Å². The number of hydrazone groups is 1. The fourth-order valence-electron chi connectivity index (χ4n) is 0.629. The van der Waals surface area contributed by atoms with Crippen LogP contribution in [0.2, 0.25) is 0 Å². The first-order valence-electron chi connectivity index (χ1n) is 3.82. The molecule has 0 spiro atoms. The first-order chi connectivity index (χ1) is 4.63. The molecule has 0 rings (SSSR count). The molecule has 0 fully saturated rings. The van der Waals surface area contributed by atoms with Gasteiger partial charge in [0, 0.05) is 20.3 Å². The van der Waals surface area contributed by atoms with E-state index in [4.69, 9.17) is 0 Å². The van der Waals surface area contributed by atoms with Crippen molar-refractivity contribution in [2.45, 2.75) is 26.7 Å². The van der Waals surface area contributed by atoms with Crippen molar-refractivity contribution in [3.8, 4) is 0 Å². The highest BCUT2D eigenvalue weighted by molar-refractivity contribution is 5.56. The zero-order chi connectivity index (χ0) is 7.98. The van der Waals surface area contributed by atoms with Crippen molar-refractivity contribution in [2.75, 3.05) is 14.1 Å². The quantitative estimate of drug-likeness (QED) is 0.433. The number of rotatable bonds is 4. The fraction of sp³-hybridized carbons (Fsp3) is 0.875. The molecule has 0 amide bonds. The smallest absolute Gasteiger partial charge is 0.0245 e. The minimum atomic E-state index is 0.786. The Morgan fingerprint density at radius 2 is 2.00 bits per heavy atom. The molecule has 0 aromatic rings. The van der Waals surface area contributed by atoms with E-state index in [1.807, 2.05) is 25.3 Å². The number of hydrogen-bond donors (Lipinski definition) is 0. The molecule has 0 saturated carbocycles. The third-order valence-electron chi connectivity index (χ3n) is 1.19. The maximum Gasteiger partial charge on any atom is 0.0245 e. The molecule has 0 aromatic carbocycles. The Balaban J connectivity index is 3.19. The first kappa shape index (κ1) is 9.47. The Morgan fingerprint density at radius 1 is 1.40 bits per heavy atom. The van der Waals surface area contributed by atoms with E-state index in [2.05, 4.69) is 18.9 Å². The van der Waals surface area contributed by atoms with Crippen molar-refractivity contribution in [1.29, 1.82) is 0 Å². The van der Waals surface area contributed by atoms with Crippen molar-refractivity contribution in [1.82, 2.24) is 5.01 Å². The lowest BCUT2D eigenvalue weighted by molar-refractivity contribution is 0.438. The maximum atomic E-state index is 4.10. The Labute approximate surface area is 63.9 Å².